The Balaban J connectivity index is 1.76. The molecule has 30 nitrogen and oxygen atoms in total. The molecule has 1 unspecified atom stereocenters. The molecule has 2 heterocycles. The van der Waals surface area contributed by atoms with Crippen LogP contribution in [0.5, 0.6) is 23.0 Å². The Kier molecular flexibility index (Phi) is 13.8. The van der Waals surface area contributed by atoms with Crippen molar-refractivity contribution >= 4 is 40.0 Å². The molecule has 2 fully saturated rings. The third kappa shape index (κ3) is 8.85. The predicted molar refractivity (Wildman–Crippen MR) is 211 cm³/mol. The van der Waals surface area contributed by atoms with Crippen molar-refractivity contribution in [3.8, 4) is 23.0 Å². The highest BCUT2D eigenvalue weighted by atomic mass is 35.5. The van der Waals surface area contributed by atoms with Crippen LogP contribution in [0.3, 0.4) is 0 Å². The summed E-state index contributed by atoms with van der Waals surface area (Å²) in [5.74, 6) is -22.4. The summed E-state index contributed by atoms with van der Waals surface area (Å²) in [7, 11) is 0. The van der Waals surface area contributed by atoms with Gasteiger partial charge in [-0.1, -0.05) is 23.7 Å². The molecule has 8 N–H and O–H groups in total. The summed E-state index contributed by atoms with van der Waals surface area (Å²) in [5, 5.41) is 152. The first-order valence-corrected chi connectivity index (χ1v) is 18.9. The minimum absolute atomic E-state index is 0.235. The van der Waals surface area contributed by atoms with Crippen LogP contribution in [0.4, 0.5) is 28.4 Å². The van der Waals surface area contributed by atoms with Crippen molar-refractivity contribution in [2.45, 2.75) is 60.1 Å². The minimum Gasteiger partial charge on any atom is -0.453 e. The standard InChI is InChI=1S/C36H32ClN5O25/c37-21-13-18(39(53)54)7-11-24(21)65-36(50)35(49,64-26-12-8-19(40(55)56)14-23(26)42(59)60)34(48,63-25-4-2-1-3-22(25)41(57)58)33(28(16-44)66-36,62-20-9-5-17(6-10-20)38(51)52)67-32-31(47)30(46)29(45)27(15-43)61-32/h1-14,27-32,43-50H,15-16H2/t27-,28-,29+,30+,31-,32+,33-,34-,35+,36?/m1/s1. The average Bonchev–Trinajstić information content (AvgIpc) is 3.28. The van der Waals surface area contributed by atoms with Gasteiger partial charge < -0.3 is 69.3 Å². The minimum atomic E-state index is -4.80. The van der Waals surface area contributed by atoms with E-state index in [0.29, 0.717) is 36.4 Å². The number of halogens is 1. The molecule has 0 radical (unpaired) electrons. The maximum Gasteiger partial charge on any atom is 0.402 e. The molecule has 6 rings (SSSR count). The zero-order valence-corrected chi connectivity index (χ0v) is 33.8. The highest BCUT2D eigenvalue weighted by molar-refractivity contribution is 6.32. The van der Waals surface area contributed by atoms with E-state index in [1.807, 2.05) is 0 Å². The molecule has 67 heavy (non-hydrogen) atoms. The van der Waals surface area contributed by atoms with E-state index in [9.17, 15) is 91.4 Å². The van der Waals surface area contributed by atoms with E-state index in [1.165, 1.54) is 0 Å². The number of benzene rings is 4. The molecule has 31 heteroatoms. The van der Waals surface area contributed by atoms with Gasteiger partial charge in [0, 0.05) is 36.4 Å². The molecular weight excluding hydrogens is 938 g/mol. The third-order valence-corrected chi connectivity index (χ3v) is 10.3. The monoisotopic (exact) mass is 969 g/mol. The van der Waals surface area contributed by atoms with Gasteiger partial charge in [-0.2, -0.15) is 0 Å². The van der Waals surface area contributed by atoms with Gasteiger partial charge in [-0.3, -0.25) is 55.3 Å². The van der Waals surface area contributed by atoms with E-state index in [0.717, 1.165) is 42.5 Å². The van der Waals surface area contributed by atoms with Gasteiger partial charge in [-0.05, 0) is 30.3 Å². The van der Waals surface area contributed by atoms with Crippen molar-refractivity contribution in [1.82, 2.24) is 0 Å². The molecule has 0 aromatic heterocycles. The maximum absolute atomic E-state index is 13.5. The number of aliphatic hydroxyl groups excluding tert-OH is 5. The van der Waals surface area contributed by atoms with Gasteiger partial charge in [-0.25, -0.2) is 0 Å². The second-order valence-electron chi connectivity index (χ2n) is 14.1. The molecule has 0 amide bonds. The molecular formula is C36H32ClN5O25. The number of nitro groups is 5. The number of hydrogen-bond donors (Lipinski definition) is 8. The number of non-ortho nitro benzene ring substituents is 3. The summed E-state index contributed by atoms with van der Waals surface area (Å²) in [6.07, 6.45) is -14.6. The fraction of sp³-hybridized carbons (Fsp3) is 0.333. The Labute approximate surface area is 375 Å². The number of nitro benzene ring substituents is 5. The van der Waals surface area contributed by atoms with Crippen molar-refractivity contribution in [2.75, 3.05) is 13.2 Å². The van der Waals surface area contributed by atoms with Crippen LogP contribution >= 0.6 is 11.6 Å². The van der Waals surface area contributed by atoms with E-state index >= 15 is 0 Å². The van der Waals surface area contributed by atoms with E-state index < -0.39 is 154 Å². The number of nitrogens with zero attached hydrogens (tertiary/aromatic N) is 5. The van der Waals surface area contributed by atoms with Gasteiger partial charge in [0.05, 0.1) is 48.9 Å². The fourth-order valence-corrected chi connectivity index (χ4v) is 6.92. The lowest BCUT2D eigenvalue weighted by Gasteiger charge is -2.60. The van der Waals surface area contributed by atoms with Crippen LogP contribution in [0.25, 0.3) is 0 Å². The quantitative estimate of drug-likeness (QED) is 0.0404. The lowest BCUT2D eigenvalue weighted by Crippen LogP contribution is -2.91. The van der Waals surface area contributed by atoms with E-state index in [1.54, 1.807) is 0 Å². The molecule has 10 atom stereocenters. The van der Waals surface area contributed by atoms with Crippen LogP contribution < -0.4 is 18.9 Å². The van der Waals surface area contributed by atoms with Crippen molar-refractivity contribution in [1.29, 1.82) is 0 Å². The van der Waals surface area contributed by atoms with Crippen LogP contribution in [-0.2, 0) is 14.2 Å². The number of rotatable bonds is 17. The summed E-state index contributed by atoms with van der Waals surface area (Å²) in [6.45, 7) is -2.93. The average molecular weight is 970 g/mol. The summed E-state index contributed by atoms with van der Waals surface area (Å²) in [5.41, 5.74) is -5.01. The van der Waals surface area contributed by atoms with Crippen molar-refractivity contribution < 1.29 is 98.6 Å². The van der Waals surface area contributed by atoms with Crippen molar-refractivity contribution in [2.24, 2.45) is 0 Å². The Bertz CT molecular complexity index is 2580. The summed E-state index contributed by atoms with van der Waals surface area (Å²) in [4.78, 5) is 54.3. The van der Waals surface area contributed by atoms with Crippen LogP contribution in [0.15, 0.2) is 84.9 Å². The Hall–Kier alpha value is -7.07. The maximum atomic E-state index is 13.5. The molecule has 0 spiro atoms. The lowest BCUT2D eigenvalue weighted by molar-refractivity contribution is -0.590. The summed E-state index contributed by atoms with van der Waals surface area (Å²) >= 11 is 6.25. The molecule has 0 aliphatic carbocycles. The zero-order valence-electron chi connectivity index (χ0n) is 33.1. The smallest absolute Gasteiger partial charge is 0.402 e. The lowest BCUT2D eigenvalue weighted by atomic mass is 9.84. The van der Waals surface area contributed by atoms with E-state index in [-0.39, 0.29) is 6.07 Å². The molecule has 0 saturated carbocycles. The zero-order chi connectivity index (χ0) is 49.4. The van der Waals surface area contributed by atoms with Crippen molar-refractivity contribution in [3.05, 3.63) is 141 Å². The van der Waals surface area contributed by atoms with Gasteiger partial charge in [0.1, 0.15) is 35.9 Å². The van der Waals surface area contributed by atoms with Crippen LogP contribution in [0, 0.1) is 50.6 Å². The molecule has 358 valence electrons. The topological polar surface area (TPSA) is 442 Å². The van der Waals surface area contributed by atoms with Gasteiger partial charge >= 0.3 is 34.7 Å². The molecule has 4 aromatic carbocycles. The fourth-order valence-electron chi connectivity index (χ4n) is 6.70. The van der Waals surface area contributed by atoms with Gasteiger partial charge in [0.2, 0.25) is 11.5 Å². The number of ether oxygens (including phenoxy) is 7. The predicted octanol–water partition coefficient (Wildman–Crippen LogP) is 0.424. The van der Waals surface area contributed by atoms with Gasteiger partial charge in [0.15, 0.2) is 12.4 Å². The van der Waals surface area contributed by atoms with Crippen LogP contribution in [0.1, 0.15) is 0 Å². The highest BCUT2D eigenvalue weighted by Crippen LogP contribution is 2.56. The number of para-hydroxylation sites is 2. The summed E-state index contributed by atoms with van der Waals surface area (Å²) in [6, 6.07) is 9.54. The van der Waals surface area contributed by atoms with E-state index in [4.69, 9.17) is 44.8 Å². The highest BCUT2D eigenvalue weighted by Gasteiger charge is 2.88. The van der Waals surface area contributed by atoms with Crippen LogP contribution in [0.2, 0.25) is 5.02 Å². The SMILES string of the molecule is O=[N+]([O-])c1ccc(O[C@@]2(O[C@@H]3O[C@H](CO)[C@H](O)[C@H](O)[C@H]3O)[C@@H](CO)OC(O)(Oc3ccc([N+](=O)[O-])cc3Cl)[C@@](O)(Oc3ccc([N+](=O)[O-])cc3[N+](=O)[O-])[C@]2(O)Oc2ccccc2[N+](=O)[O-])cc1. The second-order valence-corrected chi connectivity index (χ2v) is 14.5. The molecule has 2 aliphatic rings. The van der Waals surface area contributed by atoms with Crippen molar-refractivity contribution in [3.63, 3.8) is 0 Å². The first kappa shape index (κ1) is 49.4. The van der Waals surface area contributed by atoms with E-state index in [2.05, 4.69) is 0 Å². The molecule has 2 saturated heterocycles. The Morgan fingerprint density at radius 2 is 1.12 bits per heavy atom. The largest absolute Gasteiger partial charge is 0.453 e. The first-order chi connectivity index (χ1) is 31.5. The Morgan fingerprint density at radius 1 is 0.582 bits per heavy atom. The molecule has 4 aromatic rings. The molecule has 0 bridgehead atoms. The van der Waals surface area contributed by atoms with Gasteiger partial charge in [0.25, 0.3) is 17.1 Å². The third-order valence-electron chi connectivity index (χ3n) is 10.0. The summed E-state index contributed by atoms with van der Waals surface area (Å²) < 4.78 is 40.0. The molecule has 2 aliphatic heterocycles. The Morgan fingerprint density at radius 3 is 1.67 bits per heavy atom. The number of hydrogen-bond acceptors (Lipinski definition) is 25. The van der Waals surface area contributed by atoms with Crippen LogP contribution in [-0.4, -0.2) is 139 Å². The first-order valence-electron chi connectivity index (χ1n) is 18.5. The van der Waals surface area contributed by atoms with Gasteiger partial charge in [-0.15, -0.1) is 0 Å². The normalized spacial score (nSPS) is 29.3. The second kappa shape index (κ2) is 18.7. The number of aliphatic hydroxyl groups is 8.